The summed E-state index contributed by atoms with van der Waals surface area (Å²) in [4.78, 5) is 2.81. The van der Waals surface area contributed by atoms with Gasteiger partial charge in [-0.3, -0.25) is 0 Å². The van der Waals surface area contributed by atoms with Crippen LogP contribution in [0.15, 0.2) is 10.5 Å². The number of hydrogen-bond donors (Lipinski definition) is 1. The van der Waals surface area contributed by atoms with Gasteiger partial charge in [-0.1, -0.05) is 27.7 Å². The Morgan fingerprint density at radius 1 is 1.44 bits per heavy atom. The van der Waals surface area contributed by atoms with E-state index in [0.717, 1.165) is 6.54 Å². The van der Waals surface area contributed by atoms with Gasteiger partial charge in [0.15, 0.2) is 0 Å². The topological polar surface area (TPSA) is 12.0 Å². The summed E-state index contributed by atoms with van der Waals surface area (Å²) in [6.45, 7) is 12.3. The Hall–Kier alpha value is 0.140. The minimum Gasteiger partial charge on any atom is -0.309 e. The van der Waals surface area contributed by atoms with Crippen LogP contribution in [-0.4, -0.2) is 6.54 Å². The maximum atomic E-state index is 3.68. The predicted molar refractivity (Wildman–Crippen MR) is 77.2 cm³/mol. The van der Waals surface area contributed by atoms with Crippen LogP contribution in [0.5, 0.6) is 0 Å². The van der Waals surface area contributed by atoms with Crippen LogP contribution in [0.25, 0.3) is 0 Å². The summed E-state index contributed by atoms with van der Waals surface area (Å²) in [5.74, 6) is 0. The molecule has 0 aliphatic heterocycles. The second-order valence-electron chi connectivity index (χ2n) is 4.90. The normalized spacial score (nSPS) is 14.1. The van der Waals surface area contributed by atoms with E-state index >= 15 is 0 Å². The molecule has 1 aromatic heterocycles. The first kappa shape index (κ1) is 14.2. The Bertz CT molecular complexity index is 344. The lowest BCUT2D eigenvalue weighted by atomic mass is 9.81. The van der Waals surface area contributed by atoms with Crippen molar-refractivity contribution in [2.45, 2.75) is 47.1 Å². The molecule has 0 saturated carbocycles. The lowest BCUT2D eigenvalue weighted by Gasteiger charge is -2.34. The van der Waals surface area contributed by atoms with Crippen molar-refractivity contribution in [1.82, 2.24) is 5.32 Å². The molecule has 0 amide bonds. The Balaban J connectivity index is 3.07. The molecule has 1 aromatic rings. The van der Waals surface area contributed by atoms with Crippen molar-refractivity contribution < 1.29 is 0 Å². The van der Waals surface area contributed by atoms with Crippen molar-refractivity contribution in [3.05, 3.63) is 20.3 Å². The molecule has 16 heavy (non-hydrogen) atoms. The predicted octanol–water partition coefficient (Wildman–Crippen LogP) is 4.91. The maximum Gasteiger partial charge on any atom is 0.0478 e. The van der Waals surface area contributed by atoms with E-state index in [-0.39, 0.29) is 5.41 Å². The van der Waals surface area contributed by atoms with E-state index in [0.29, 0.717) is 6.04 Å². The number of halogens is 1. The SMILES string of the molecule is CCNC(c1sc(C)cc1Br)C(C)(C)CC. The van der Waals surface area contributed by atoms with Crippen LogP contribution >= 0.6 is 27.3 Å². The molecule has 92 valence electrons. The molecule has 0 bridgehead atoms. The highest BCUT2D eigenvalue weighted by Crippen LogP contribution is 2.42. The number of nitrogens with one attached hydrogen (secondary N) is 1. The van der Waals surface area contributed by atoms with Gasteiger partial charge in [0.2, 0.25) is 0 Å². The molecule has 1 atom stereocenters. The van der Waals surface area contributed by atoms with Crippen molar-refractivity contribution in [3.8, 4) is 0 Å². The molecule has 0 fully saturated rings. The van der Waals surface area contributed by atoms with Crippen LogP contribution in [0.4, 0.5) is 0 Å². The fourth-order valence-electron chi connectivity index (χ4n) is 1.83. The van der Waals surface area contributed by atoms with E-state index < -0.39 is 0 Å². The number of hydrogen-bond acceptors (Lipinski definition) is 2. The summed E-state index contributed by atoms with van der Waals surface area (Å²) in [6.07, 6.45) is 1.17. The van der Waals surface area contributed by atoms with Crippen molar-refractivity contribution in [2.24, 2.45) is 5.41 Å². The van der Waals surface area contributed by atoms with Crippen LogP contribution in [0.1, 0.15) is 49.9 Å². The highest BCUT2D eigenvalue weighted by Gasteiger charge is 2.30. The minimum absolute atomic E-state index is 0.288. The summed E-state index contributed by atoms with van der Waals surface area (Å²) in [5.41, 5.74) is 0.288. The van der Waals surface area contributed by atoms with Crippen molar-refractivity contribution >= 4 is 27.3 Å². The molecule has 0 radical (unpaired) electrons. The zero-order chi connectivity index (χ0) is 12.3. The van der Waals surface area contributed by atoms with Crippen LogP contribution < -0.4 is 5.32 Å². The van der Waals surface area contributed by atoms with E-state index in [9.17, 15) is 0 Å². The number of thiophene rings is 1. The maximum absolute atomic E-state index is 3.68. The highest BCUT2D eigenvalue weighted by molar-refractivity contribution is 9.10. The first-order chi connectivity index (χ1) is 7.42. The third-order valence-corrected chi connectivity index (χ3v) is 5.23. The molecule has 1 rings (SSSR count). The van der Waals surface area contributed by atoms with Gasteiger partial charge >= 0.3 is 0 Å². The van der Waals surface area contributed by atoms with Crippen LogP contribution in [-0.2, 0) is 0 Å². The Morgan fingerprint density at radius 2 is 2.06 bits per heavy atom. The summed E-state index contributed by atoms with van der Waals surface area (Å²) >= 11 is 5.58. The van der Waals surface area contributed by atoms with Gasteiger partial charge in [0.05, 0.1) is 0 Å². The first-order valence-electron chi connectivity index (χ1n) is 5.91. The Morgan fingerprint density at radius 3 is 2.44 bits per heavy atom. The number of rotatable bonds is 5. The van der Waals surface area contributed by atoms with E-state index in [1.807, 2.05) is 11.3 Å². The molecule has 0 saturated heterocycles. The Labute approximate surface area is 112 Å². The average molecular weight is 304 g/mol. The molecular formula is C13H22BrNS. The second kappa shape index (κ2) is 5.65. The van der Waals surface area contributed by atoms with Crippen molar-refractivity contribution in [2.75, 3.05) is 6.54 Å². The van der Waals surface area contributed by atoms with Gasteiger partial charge in [-0.2, -0.15) is 0 Å². The molecular weight excluding hydrogens is 282 g/mol. The summed E-state index contributed by atoms with van der Waals surface area (Å²) < 4.78 is 1.25. The van der Waals surface area contributed by atoms with Gasteiger partial charge in [-0.05, 0) is 47.3 Å². The van der Waals surface area contributed by atoms with Gasteiger partial charge in [0.25, 0.3) is 0 Å². The van der Waals surface area contributed by atoms with E-state index in [1.165, 1.54) is 20.6 Å². The van der Waals surface area contributed by atoms with Crippen molar-refractivity contribution in [3.63, 3.8) is 0 Å². The van der Waals surface area contributed by atoms with Crippen LogP contribution in [0.2, 0.25) is 0 Å². The first-order valence-corrected chi connectivity index (χ1v) is 7.52. The van der Waals surface area contributed by atoms with Crippen LogP contribution in [0, 0.1) is 12.3 Å². The van der Waals surface area contributed by atoms with E-state index in [4.69, 9.17) is 0 Å². The molecule has 1 heterocycles. The van der Waals surface area contributed by atoms with Gasteiger partial charge in [0, 0.05) is 20.3 Å². The molecule has 1 nitrogen and oxygen atoms in total. The molecule has 3 heteroatoms. The van der Waals surface area contributed by atoms with Gasteiger partial charge < -0.3 is 5.32 Å². The smallest absolute Gasteiger partial charge is 0.0478 e. The summed E-state index contributed by atoms with van der Waals surface area (Å²) in [7, 11) is 0. The fourth-order valence-corrected chi connectivity index (χ4v) is 4.00. The summed E-state index contributed by atoms with van der Waals surface area (Å²) in [5, 5.41) is 3.62. The lowest BCUT2D eigenvalue weighted by Crippen LogP contribution is -2.33. The average Bonchev–Trinajstić information content (AvgIpc) is 2.54. The van der Waals surface area contributed by atoms with Gasteiger partial charge in [0.1, 0.15) is 0 Å². The second-order valence-corrected chi connectivity index (χ2v) is 7.04. The lowest BCUT2D eigenvalue weighted by molar-refractivity contribution is 0.240. The Kier molecular flexibility index (Phi) is 5.02. The molecule has 1 N–H and O–H groups in total. The monoisotopic (exact) mass is 303 g/mol. The quantitative estimate of drug-likeness (QED) is 0.815. The summed E-state index contributed by atoms with van der Waals surface area (Å²) in [6, 6.07) is 2.66. The minimum atomic E-state index is 0.288. The van der Waals surface area contributed by atoms with E-state index in [2.05, 4.69) is 61.9 Å². The van der Waals surface area contributed by atoms with Gasteiger partial charge in [-0.25, -0.2) is 0 Å². The van der Waals surface area contributed by atoms with Crippen LogP contribution in [0.3, 0.4) is 0 Å². The zero-order valence-electron chi connectivity index (χ0n) is 10.9. The zero-order valence-corrected chi connectivity index (χ0v) is 13.3. The van der Waals surface area contributed by atoms with E-state index in [1.54, 1.807) is 0 Å². The third-order valence-electron chi connectivity index (χ3n) is 3.20. The molecule has 0 aliphatic carbocycles. The third kappa shape index (κ3) is 3.08. The molecule has 0 spiro atoms. The van der Waals surface area contributed by atoms with Crippen molar-refractivity contribution in [1.29, 1.82) is 0 Å². The molecule has 0 aliphatic rings. The highest BCUT2D eigenvalue weighted by atomic mass is 79.9. The fraction of sp³-hybridized carbons (Fsp3) is 0.692. The standard InChI is InChI=1S/C13H22BrNS/c1-6-13(4,5)12(15-7-2)11-10(14)8-9(3)16-11/h8,12,15H,6-7H2,1-5H3. The van der Waals surface area contributed by atoms with Gasteiger partial charge in [-0.15, -0.1) is 11.3 Å². The molecule has 0 aromatic carbocycles. The molecule has 1 unspecified atom stereocenters. The largest absolute Gasteiger partial charge is 0.309 e. The number of aryl methyl sites for hydroxylation is 1.